The highest BCUT2D eigenvalue weighted by atomic mass is 16.5. The van der Waals surface area contributed by atoms with Gasteiger partial charge in [0.1, 0.15) is 0 Å². The minimum atomic E-state index is -0.0967. The quantitative estimate of drug-likeness (QED) is 0.762. The normalized spacial score (nSPS) is 12.4. The standard InChI is InChI=1S/C23H31NO3/c1-16(18-10-13-20(26-5)21(15-18)27-6)24-22(25)14-9-17-7-11-19(12-8-17)23(2,3)4/h7-8,10-13,15-16H,9,14H2,1-6H3,(H,24,25)/t16-/m1/s1. The van der Waals surface area contributed by atoms with Crippen molar-refractivity contribution in [3.63, 3.8) is 0 Å². The molecular weight excluding hydrogens is 338 g/mol. The van der Waals surface area contributed by atoms with Gasteiger partial charge in [0.2, 0.25) is 5.91 Å². The summed E-state index contributed by atoms with van der Waals surface area (Å²) in [7, 11) is 3.21. The zero-order valence-electron chi connectivity index (χ0n) is 17.3. The van der Waals surface area contributed by atoms with Crippen molar-refractivity contribution < 1.29 is 14.3 Å². The number of benzene rings is 2. The molecule has 27 heavy (non-hydrogen) atoms. The van der Waals surface area contributed by atoms with E-state index in [1.165, 1.54) is 11.1 Å². The van der Waals surface area contributed by atoms with E-state index in [-0.39, 0.29) is 17.4 Å². The topological polar surface area (TPSA) is 47.6 Å². The maximum Gasteiger partial charge on any atom is 0.220 e. The van der Waals surface area contributed by atoms with E-state index >= 15 is 0 Å². The Labute approximate surface area is 162 Å². The maximum atomic E-state index is 12.3. The summed E-state index contributed by atoms with van der Waals surface area (Å²) >= 11 is 0. The molecule has 2 aromatic rings. The first-order valence-corrected chi connectivity index (χ1v) is 9.35. The van der Waals surface area contributed by atoms with Crippen molar-refractivity contribution >= 4 is 5.91 Å². The first-order valence-electron chi connectivity index (χ1n) is 9.35. The molecule has 4 nitrogen and oxygen atoms in total. The Bertz CT molecular complexity index is 760. The van der Waals surface area contributed by atoms with Crippen molar-refractivity contribution in [3.05, 3.63) is 59.2 Å². The smallest absolute Gasteiger partial charge is 0.220 e. The Morgan fingerprint density at radius 2 is 1.63 bits per heavy atom. The SMILES string of the molecule is COc1ccc([C@@H](C)NC(=O)CCc2ccc(C(C)(C)C)cc2)cc1OC. The molecule has 1 amide bonds. The zero-order valence-corrected chi connectivity index (χ0v) is 17.3. The highest BCUT2D eigenvalue weighted by Gasteiger charge is 2.14. The molecule has 0 saturated heterocycles. The van der Waals surface area contributed by atoms with Crippen LogP contribution in [0.5, 0.6) is 11.5 Å². The van der Waals surface area contributed by atoms with Gasteiger partial charge in [-0.05, 0) is 47.6 Å². The van der Waals surface area contributed by atoms with E-state index in [2.05, 4.69) is 50.4 Å². The van der Waals surface area contributed by atoms with Crippen molar-refractivity contribution in [1.29, 1.82) is 0 Å². The Kier molecular flexibility index (Phi) is 6.89. The first-order chi connectivity index (χ1) is 12.7. The molecule has 0 radical (unpaired) electrons. The average Bonchev–Trinajstić information content (AvgIpc) is 2.65. The summed E-state index contributed by atoms with van der Waals surface area (Å²) in [5.41, 5.74) is 3.61. The van der Waals surface area contributed by atoms with Crippen LogP contribution in [-0.2, 0) is 16.6 Å². The van der Waals surface area contributed by atoms with Gasteiger partial charge in [-0.25, -0.2) is 0 Å². The summed E-state index contributed by atoms with van der Waals surface area (Å²) in [6.45, 7) is 8.57. The van der Waals surface area contributed by atoms with Crippen LogP contribution in [-0.4, -0.2) is 20.1 Å². The molecule has 0 aliphatic carbocycles. The molecule has 2 aromatic carbocycles. The van der Waals surface area contributed by atoms with Gasteiger partial charge in [-0.1, -0.05) is 51.1 Å². The van der Waals surface area contributed by atoms with Crippen molar-refractivity contribution in [1.82, 2.24) is 5.32 Å². The van der Waals surface area contributed by atoms with E-state index in [1.807, 2.05) is 25.1 Å². The van der Waals surface area contributed by atoms with Gasteiger partial charge in [0.05, 0.1) is 20.3 Å². The number of carbonyl (C=O) groups excluding carboxylic acids is 1. The van der Waals surface area contributed by atoms with Crippen LogP contribution in [0.4, 0.5) is 0 Å². The molecule has 0 aromatic heterocycles. The molecule has 146 valence electrons. The zero-order chi connectivity index (χ0) is 20.0. The summed E-state index contributed by atoms with van der Waals surface area (Å²) in [5.74, 6) is 1.38. The molecule has 0 aliphatic heterocycles. The van der Waals surface area contributed by atoms with Crippen molar-refractivity contribution in [2.45, 2.75) is 52.0 Å². The van der Waals surface area contributed by atoms with Crippen LogP contribution in [0.2, 0.25) is 0 Å². The van der Waals surface area contributed by atoms with Crippen molar-refractivity contribution in [3.8, 4) is 11.5 Å². The number of ether oxygens (including phenoxy) is 2. The number of rotatable bonds is 7. The molecule has 0 bridgehead atoms. The third kappa shape index (κ3) is 5.75. The van der Waals surface area contributed by atoms with Crippen LogP contribution < -0.4 is 14.8 Å². The Morgan fingerprint density at radius 1 is 1.00 bits per heavy atom. The van der Waals surface area contributed by atoms with Crippen LogP contribution in [0.15, 0.2) is 42.5 Å². The minimum absolute atomic E-state index is 0.0391. The summed E-state index contributed by atoms with van der Waals surface area (Å²) < 4.78 is 10.6. The van der Waals surface area contributed by atoms with Crippen LogP contribution in [0, 0.1) is 0 Å². The third-order valence-corrected chi connectivity index (χ3v) is 4.75. The molecule has 0 aliphatic rings. The lowest BCUT2D eigenvalue weighted by atomic mass is 9.86. The van der Waals surface area contributed by atoms with E-state index in [0.29, 0.717) is 17.9 Å². The first kappa shape index (κ1) is 20.8. The van der Waals surface area contributed by atoms with Crippen LogP contribution in [0.25, 0.3) is 0 Å². The number of hydrogen-bond acceptors (Lipinski definition) is 3. The lowest BCUT2D eigenvalue weighted by Crippen LogP contribution is -2.26. The Hall–Kier alpha value is -2.49. The van der Waals surface area contributed by atoms with Gasteiger partial charge >= 0.3 is 0 Å². The maximum absolute atomic E-state index is 12.3. The fourth-order valence-corrected chi connectivity index (χ4v) is 2.95. The average molecular weight is 370 g/mol. The molecule has 0 spiro atoms. The van der Waals surface area contributed by atoms with Gasteiger partial charge < -0.3 is 14.8 Å². The van der Waals surface area contributed by atoms with E-state index in [0.717, 1.165) is 12.0 Å². The van der Waals surface area contributed by atoms with Crippen LogP contribution in [0.3, 0.4) is 0 Å². The number of aryl methyl sites for hydroxylation is 1. The summed E-state index contributed by atoms with van der Waals surface area (Å²) in [4.78, 5) is 12.3. The number of methoxy groups -OCH3 is 2. The predicted octanol–water partition coefficient (Wildman–Crippen LogP) is 4.81. The lowest BCUT2D eigenvalue weighted by Gasteiger charge is -2.19. The van der Waals surface area contributed by atoms with Gasteiger partial charge in [-0.2, -0.15) is 0 Å². The second kappa shape index (κ2) is 8.94. The largest absolute Gasteiger partial charge is 0.493 e. The molecule has 0 unspecified atom stereocenters. The second-order valence-electron chi connectivity index (χ2n) is 7.85. The van der Waals surface area contributed by atoms with Gasteiger partial charge in [-0.15, -0.1) is 0 Å². The number of carbonyl (C=O) groups is 1. The fourth-order valence-electron chi connectivity index (χ4n) is 2.95. The lowest BCUT2D eigenvalue weighted by molar-refractivity contribution is -0.121. The van der Waals surface area contributed by atoms with Crippen LogP contribution >= 0.6 is 0 Å². The number of amides is 1. The van der Waals surface area contributed by atoms with Crippen molar-refractivity contribution in [2.75, 3.05) is 14.2 Å². The molecule has 0 heterocycles. The van der Waals surface area contributed by atoms with Gasteiger partial charge in [0.25, 0.3) is 0 Å². The molecule has 1 atom stereocenters. The highest BCUT2D eigenvalue weighted by Crippen LogP contribution is 2.30. The molecule has 2 rings (SSSR count). The summed E-state index contributed by atoms with van der Waals surface area (Å²) in [5, 5.41) is 3.06. The molecule has 0 fully saturated rings. The van der Waals surface area contributed by atoms with Crippen LogP contribution in [0.1, 0.15) is 56.8 Å². The predicted molar refractivity (Wildman–Crippen MR) is 110 cm³/mol. The minimum Gasteiger partial charge on any atom is -0.493 e. The van der Waals surface area contributed by atoms with Gasteiger partial charge in [0.15, 0.2) is 11.5 Å². The monoisotopic (exact) mass is 369 g/mol. The highest BCUT2D eigenvalue weighted by molar-refractivity contribution is 5.76. The molecular formula is C23H31NO3. The fraction of sp³-hybridized carbons (Fsp3) is 0.435. The van der Waals surface area contributed by atoms with Gasteiger partial charge in [-0.3, -0.25) is 4.79 Å². The van der Waals surface area contributed by atoms with E-state index in [4.69, 9.17) is 9.47 Å². The summed E-state index contributed by atoms with van der Waals surface area (Å²) in [6, 6.07) is 14.1. The Balaban J connectivity index is 1.91. The number of hydrogen-bond donors (Lipinski definition) is 1. The second-order valence-corrected chi connectivity index (χ2v) is 7.85. The van der Waals surface area contributed by atoms with Crippen molar-refractivity contribution in [2.24, 2.45) is 0 Å². The Morgan fingerprint density at radius 3 is 2.19 bits per heavy atom. The summed E-state index contributed by atoms with van der Waals surface area (Å²) in [6.07, 6.45) is 1.20. The van der Waals surface area contributed by atoms with Gasteiger partial charge in [0, 0.05) is 6.42 Å². The van der Waals surface area contributed by atoms with E-state index in [1.54, 1.807) is 14.2 Å². The number of nitrogens with one attached hydrogen (secondary N) is 1. The molecule has 4 heteroatoms. The third-order valence-electron chi connectivity index (χ3n) is 4.75. The van der Waals surface area contributed by atoms with E-state index in [9.17, 15) is 4.79 Å². The molecule has 1 N–H and O–H groups in total. The van der Waals surface area contributed by atoms with E-state index < -0.39 is 0 Å². The molecule has 0 saturated carbocycles.